The highest BCUT2D eigenvalue weighted by Crippen LogP contribution is 2.39. The fraction of sp³-hybridized carbons (Fsp3) is 0.600. The first-order valence-corrected chi connectivity index (χ1v) is 5.12. The van der Waals surface area contributed by atoms with Gasteiger partial charge in [0.1, 0.15) is 0 Å². The summed E-state index contributed by atoms with van der Waals surface area (Å²) < 4.78 is 4.30. The molecule has 2 rings (SSSR count). The molecule has 1 aliphatic carbocycles. The number of amides is 2. The van der Waals surface area contributed by atoms with Gasteiger partial charge in [-0.05, 0) is 25.2 Å². The summed E-state index contributed by atoms with van der Waals surface area (Å²) in [7, 11) is 0. The van der Waals surface area contributed by atoms with Crippen LogP contribution in [0, 0.1) is 5.92 Å². The molecule has 0 aromatic heterocycles. The number of nitrogens with zero attached hydrogens (tertiary/aromatic N) is 1. The Bertz CT molecular complexity index is 321. The number of hydrogen-bond acceptors (Lipinski definition) is 3. The summed E-state index contributed by atoms with van der Waals surface area (Å²) in [5.74, 6) is 0.749. The lowest BCUT2D eigenvalue weighted by Gasteiger charge is -2.24. The Labute approximate surface area is 87.9 Å². The number of nitrogens with two attached hydrogens (primary N) is 1. The van der Waals surface area contributed by atoms with Crippen LogP contribution in [-0.4, -0.2) is 30.2 Å². The minimum atomic E-state index is -1.04. The van der Waals surface area contributed by atoms with E-state index in [9.17, 15) is 9.59 Å². The second-order valence-corrected chi connectivity index (χ2v) is 3.94. The zero-order valence-electron chi connectivity index (χ0n) is 8.44. The highest BCUT2D eigenvalue weighted by Gasteiger charge is 2.29. The zero-order chi connectivity index (χ0) is 10.8. The van der Waals surface area contributed by atoms with Gasteiger partial charge >= 0.3 is 12.2 Å². The van der Waals surface area contributed by atoms with Gasteiger partial charge in [-0.3, -0.25) is 0 Å². The Balaban J connectivity index is 1.86. The van der Waals surface area contributed by atoms with Gasteiger partial charge in [-0.25, -0.2) is 9.59 Å². The summed E-state index contributed by atoms with van der Waals surface area (Å²) in [5.41, 5.74) is 6.20. The quantitative estimate of drug-likeness (QED) is 0.522. The normalized spacial score (nSPS) is 20.8. The smallest absolute Gasteiger partial charge is 0.359 e. The number of carbonyl (C=O) groups excluding carboxylic acids is 2. The van der Waals surface area contributed by atoms with Crippen molar-refractivity contribution in [2.24, 2.45) is 11.7 Å². The van der Waals surface area contributed by atoms with Gasteiger partial charge in [0.2, 0.25) is 0 Å². The van der Waals surface area contributed by atoms with Crippen molar-refractivity contribution in [1.82, 2.24) is 4.90 Å². The Morgan fingerprint density at radius 3 is 2.67 bits per heavy atom. The van der Waals surface area contributed by atoms with Crippen LogP contribution in [0.2, 0.25) is 0 Å². The highest BCUT2D eigenvalue weighted by molar-refractivity contribution is 5.82. The Kier molecular flexibility index (Phi) is 2.62. The van der Waals surface area contributed by atoms with Crippen LogP contribution in [0.15, 0.2) is 11.6 Å². The Morgan fingerprint density at radius 2 is 2.20 bits per heavy atom. The third kappa shape index (κ3) is 2.49. The molecule has 0 aromatic carbocycles. The third-order valence-corrected chi connectivity index (χ3v) is 2.79. The summed E-state index contributed by atoms with van der Waals surface area (Å²) in [6, 6.07) is 0. The van der Waals surface area contributed by atoms with E-state index >= 15 is 0 Å². The van der Waals surface area contributed by atoms with Crippen LogP contribution in [-0.2, 0) is 4.74 Å². The molecule has 2 N–H and O–H groups in total. The molecule has 0 saturated heterocycles. The maximum Gasteiger partial charge on any atom is 0.419 e. The van der Waals surface area contributed by atoms with Crippen molar-refractivity contribution in [3.05, 3.63) is 11.6 Å². The number of carbonyl (C=O) groups is 2. The van der Waals surface area contributed by atoms with E-state index in [2.05, 4.69) is 10.8 Å². The lowest BCUT2D eigenvalue weighted by molar-refractivity contribution is 0.124. The lowest BCUT2D eigenvalue weighted by atomic mass is 10.0. The highest BCUT2D eigenvalue weighted by atomic mass is 16.6. The van der Waals surface area contributed by atoms with E-state index in [1.54, 1.807) is 0 Å². The third-order valence-electron chi connectivity index (χ3n) is 2.79. The summed E-state index contributed by atoms with van der Waals surface area (Å²) in [5, 5.41) is 0. The molecule has 1 saturated carbocycles. The van der Waals surface area contributed by atoms with Crippen molar-refractivity contribution in [3.8, 4) is 0 Å². The molecule has 5 heteroatoms. The van der Waals surface area contributed by atoms with Gasteiger partial charge < -0.3 is 15.4 Å². The zero-order valence-corrected chi connectivity index (χ0v) is 8.44. The minimum Gasteiger partial charge on any atom is -0.359 e. The van der Waals surface area contributed by atoms with Crippen LogP contribution in [0.5, 0.6) is 0 Å². The van der Waals surface area contributed by atoms with E-state index in [1.807, 2.05) is 0 Å². The SMILES string of the molecule is NC(=O)OC(=O)N1CC=C(C2CC2)CC1. The predicted molar refractivity (Wildman–Crippen MR) is 53.1 cm³/mol. The van der Waals surface area contributed by atoms with Crippen LogP contribution in [0.4, 0.5) is 9.59 Å². The first-order valence-electron chi connectivity index (χ1n) is 5.12. The van der Waals surface area contributed by atoms with Gasteiger partial charge in [-0.1, -0.05) is 11.6 Å². The minimum absolute atomic E-state index is 0.526. The van der Waals surface area contributed by atoms with E-state index in [-0.39, 0.29) is 0 Å². The molecule has 0 aromatic rings. The van der Waals surface area contributed by atoms with Gasteiger partial charge in [0.05, 0.1) is 0 Å². The van der Waals surface area contributed by atoms with Crippen LogP contribution in [0.1, 0.15) is 19.3 Å². The van der Waals surface area contributed by atoms with Gasteiger partial charge in [0, 0.05) is 13.1 Å². The first-order chi connectivity index (χ1) is 7.16. The van der Waals surface area contributed by atoms with Gasteiger partial charge in [-0.2, -0.15) is 0 Å². The molecular weight excluding hydrogens is 196 g/mol. The van der Waals surface area contributed by atoms with Gasteiger partial charge in [-0.15, -0.1) is 0 Å². The topological polar surface area (TPSA) is 72.6 Å². The molecule has 5 nitrogen and oxygen atoms in total. The van der Waals surface area contributed by atoms with E-state index < -0.39 is 12.2 Å². The van der Waals surface area contributed by atoms with Crippen molar-refractivity contribution in [2.75, 3.05) is 13.1 Å². The Hall–Kier alpha value is -1.52. The monoisotopic (exact) mass is 210 g/mol. The lowest BCUT2D eigenvalue weighted by Crippen LogP contribution is -2.37. The molecule has 82 valence electrons. The Morgan fingerprint density at radius 1 is 1.47 bits per heavy atom. The number of hydrogen-bond donors (Lipinski definition) is 1. The van der Waals surface area contributed by atoms with Crippen LogP contribution in [0.3, 0.4) is 0 Å². The molecule has 0 atom stereocenters. The maximum atomic E-state index is 11.3. The molecule has 0 radical (unpaired) electrons. The molecular formula is C10H14N2O3. The molecule has 2 aliphatic rings. The van der Waals surface area contributed by atoms with Gasteiger partial charge in [0.25, 0.3) is 0 Å². The average molecular weight is 210 g/mol. The molecule has 1 fully saturated rings. The van der Waals surface area contributed by atoms with Crippen molar-refractivity contribution in [1.29, 1.82) is 0 Å². The fourth-order valence-electron chi connectivity index (χ4n) is 1.83. The molecule has 0 unspecified atom stereocenters. The number of ether oxygens (including phenoxy) is 1. The largest absolute Gasteiger partial charge is 0.419 e. The summed E-state index contributed by atoms with van der Waals surface area (Å²) in [6.45, 7) is 1.15. The first kappa shape index (κ1) is 10.0. The second kappa shape index (κ2) is 3.92. The molecule has 0 spiro atoms. The van der Waals surface area contributed by atoms with E-state index in [0.717, 1.165) is 12.3 Å². The van der Waals surface area contributed by atoms with Crippen molar-refractivity contribution < 1.29 is 14.3 Å². The molecule has 0 bridgehead atoms. The van der Waals surface area contributed by atoms with E-state index in [4.69, 9.17) is 5.73 Å². The molecule has 15 heavy (non-hydrogen) atoms. The molecule has 2 amide bonds. The standard InChI is InChI=1S/C10H14N2O3/c11-9(13)15-10(14)12-5-3-8(4-6-12)7-1-2-7/h3,7H,1-2,4-6H2,(H2,11,13). The average Bonchev–Trinajstić information content (AvgIpc) is 3.00. The van der Waals surface area contributed by atoms with Crippen LogP contribution < -0.4 is 5.73 Å². The summed E-state index contributed by atoms with van der Waals surface area (Å²) in [4.78, 5) is 23.1. The van der Waals surface area contributed by atoms with Crippen LogP contribution >= 0.6 is 0 Å². The predicted octanol–water partition coefficient (Wildman–Crippen LogP) is 1.24. The molecule has 1 aliphatic heterocycles. The number of primary amides is 1. The fourth-order valence-corrected chi connectivity index (χ4v) is 1.83. The summed E-state index contributed by atoms with van der Waals surface area (Å²) in [6.07, 6.45) is 3.81. The van der Waals surface area contributed by atoms with Gasteiger partial charge in [0.15, 0.2) is 0 Å². The van der Waals surface area contributed by atoms with Crippen molar-refractivity contribution in [3.63, 3.8) is 0 Å². The van der Waals surface area contributed by atoms with Crippen molar-refractivity contribution >= 4 is 12.2 Å². The van der Waals surface area contributed by atoms with E-state index in [1.165, 1.54) is 23.3 Å². The van der Waals surface area contributed by atoms with Crippen molar-refractivity contribution in [2.45, 2.75) is 19.3 Å². The maximum absolute atomic E-state index is 11.3. The summed E-state index contributed by atoms with van der Waals surface area (Å²) >= 11 is 0. The second-order valence-electron chi connectivity index (χ2n) is 3.94. The van der Waals surface area contributed by atoms with E-state index in [0.29, 0.717) is 13.1 Å². The molecule has 1 heterocycles. The van der Waals surface area contributed by atoms with Crippen LogP contribution in [0.25, 0.3) is 0 Å². The number of rotatable bonds is 1.